The zero-order valence-corrected chi connectivity index (χ0v) is 15.6. The number of rotatable bonds is 6. The van der Waals surface area contributed by atoms with Crippen molar-refractivity contribution in [1.29, 1.82) is 0 Å². The minimum atomic E-state index is 0.0535. The van der Waals surface area contributed by atoms with Gasteiger partial charge < -0.3 is 10.3 Å². The fraction of sp³-hybridized carbons (Fsp3) is 0.318. The number of nitrogens with one attached hydrogen (secondary N) is 2. The molecule has 0 spiro atoms. The number of aromatic nitrogens is 1. The lowest BCUT2D eigenvalue weighted by Crippen LogP contribution is -2.24. The molecule has 25 heavy (non-hydrogen) atoms. The number of benzene rings is 1. The van der Waals surface area contributed by atoms with Crippen LogP contribution in [-0.4, -0.2) is 10.9 Å². The summed E-state index contributed by atoms with van der Waals surface area (Å²) in [6, 6.07) is 8.13. The molecule has 1 aromatic heterocycles. The van der Waals surface area contributed by atoms with Gasteiger partial charge in [-0.05, 0) is 61.2 Å². The lowest BCUT2D eigenvalue weighted by atomic mass is 10.00. The van der Waals surface area contributed by atoms with E-state index in [1.807, 2.05) is 58.2 Å². The Bertz CT molecular complexity index is 870. The van der Waals surface area contributed by atoms with Crippen LogP contribution >= 0.6 is 0 Å². The van der Waals surface area contributed by atoms with Crippen LogP contribution in [0.4, 0.5) is 5.69 Å². The quantitative estimate of drug-likeness (QED) is 0.826. The van der Waals surface area contributed by atoms with Crippen molar-refractivity contribution in [3.05, 3.63) is 64.3 Å². The average molecular weight is 336 g/mol. The Morgan fingerprint density at radius 1 is 1.28 bits per heavy atom. The predicted octanol–water partition coefficient (Wildman–Crippen LogP) is 3.88. The van der Waals surface area contributed by atoms with Gasteiger partial charge in [0.1, 0.15) is 0 Å². The van der Waals surface area contributed by atoms with Gasteiger partial charge in [-0.1, -0.05) is 38.6 Å². The standard InChI is InChI=1S/C22H28N2O/c1-6-9-20(21-16(5)10-11-23-21)18-12-15(4)13-19(14-18)24-22(25)17(7-2)8-3/h6,9-14,17,23H,5,7-8H2,1-4H3,(H,24,25)/b9-6-,21-20-. The fourth-order valence-electron chi connectivity index (χ4n) is 3.06. The molecular weight excluding hydrogens is 308 g/mol. The molecule has 2 rings (SSSR count). The largest absolute Gasteiger partial charge is 0.361 e. The highest BCUT2D eigenvalue weighted by Gasteiger charge is 2.15. The van der Waals surface area contributed by atoms with Crippen LogP contribution in [0.2, 0.25) is 0 Å². The number of H-pyrrole nitrogens is 1. The normalized spacial score (nSPS) is 12.7. The summed E-state index contributed by atoms with van der Waals surface area (Å²) < 4.78 is 0. The monoisotopic (exact) mass is 336 g/mol. The maximum Gasteiger partial charge on any atom is 0.227 e. The smallest absolute Gasteiger partial charge is 0.227 e. The Labute approximate surface area is 150 Å². The number of carbonyl (C=O) groups excluding carboxylic acids is 1. The van der Waals surface area contributed by atoms with Gasteiger partial charge in [-0.3, -0.25) is 4.79 Å². The number of carbonyl (C=O) groups is 1. The van der Waals surface area contributed by atoms with Crippen molar-refractivity contribution in [2.24, 2.45) is 5.92 Å². The van der Waals surface area contributed by atoms with E-state index < -0.39 is 0 Å². The second kappa shape index (κ2) is 8.52. The number of aromatic amines is 1. The maximum absolute atomic E-state index is 12.4. The lowest BCUT2D eigenvalue weighted by molar-refractivity contribution is -0.120. The molecule has 0 unspecified atom stereocenters. The van der Waals surface area contributed by atoms with Gasteiger partial charge in [0, 0.05) is 23.4 Å². The number of aryl methyl sites for hydroxylation is 1. The molecule has 0 saturated carbocycles. The Balaban J connectivity index is 2.50. The predicted molar refractivity (Wildman–Crippen MR) is 107 cm³/mol. The average Bonchev–Trinajstić information content (AvgIpc) is 2.99. The van der Waals surface area contributed by atoms with Crippen LogP contribution in [0.15, 0.2) is 42.6 Å². The molecule has 0 aliphatic carbocycles. The highest BCUT2D eigenvalue weighted by atomic mass is 16.1. The second-order valence-corrected chi connectivity index (χ2v) is 6.38. The molecule has 1 amide bonds. The zero-order valence-electron chi connectivity index (χ0n) is 15.6. The molecule has 0 aliphatic rings. The van der Waals surface area contributed by atoms with Crippen molar-refractivity contribution < 1.29 is 4.79 Å². The van der Waals surface area contributed by atoms with Gasteiger partial charge in [0.15, 0.2) is 0 Å². The molecule has 132 valence electrons. The third-order valence-electron chi connectivity index (χ3n) is 4.45. The van der Waals surface area contributed by atoms with Crippen LogP contribution in [0.1, 0.15) is 44.7 Å². The van der Waals surface area contributed by atoms with Gasteiger partial charge in [-0.15, -0.1) is 0 Å². The summed E-state index contributed by atoms with van der Waals surface area (Å²) in [6.07, 6.45) is 7.68. The van der Waals surface area contributed by atoms with Crippen molar-refractivity contribution in [2.45, 2.75) is 40.5 Å². The van der Waals surface area contributed by atoms with Gasteiger partial charge in [0.05, 0.1) is 5.35 Å². The van der Waals surface area contributed by atoms with Gasteiger partial charge >= 0.3 is 0 Å². The summed E-state index contributed by atoms with van der Waals surface area (Å²) in [6.45, 7) is 12.2. The number of anilines is 1. The van der Waals surface area contributed by atoms with E-state index in [0.29, 0.717) is 0 Å². The molecule has 2 aromatic rings. The summed E-state index contributed by atoms with van der Waals surface area (Å²) in [4.78, 5) is 15.7. The van der Waals surface area contributed by atoms with Gasteiger partial charge in [-0.2, -0.15) is 0 Å². The Kier molecular flexibility index (Phi) is 6.40. The lowest BCUT2D eigenvalue weighted by Gasteiger charge is -2.14. The molecule has 0 fully saturated rings. The van der Waals surface area contributed by atoms with Gasteiger partial charge in [0.2, 0.25) is 5.91 Å². The topological polar surface area (TPSA) is 44.9 Å². The third kappa shape index (κ3) is 4.50. The van der Waals surface area contributed by atoms with E-state index in [-0.39, 0.29) is 11.8 Å². The van der Waals surface area contributed by atoms with Crippen molar-refractivity contribution in [3.8, 4) is 0 Å². The van der Waals surface area contributed by atoms with Crippen LogP contribution in [0.3, 0.4) is 0 Å². The first-order valence-electron chi connectivity index (χ1n) is 8.92. The summed E-state index contributed by atoms with van der Waals surface area (Å²) in [5.74, 6) is 0.143. The van der Waals surface area contributed by atoms with Crippen LogP contribution in [-0.2, 0) is 4.79 Å². The number of allylic oxidation sites excluding steroid dienone is 2. The molecule has 2 N–H and O–H groups in total. The van der Waals surface area contributed by atoms with E-state index in [9.17, 15) is 4.79 Å². The Morgan fingerprint density at radius 3 is 2.56 bits per heavy atom. The molecule has 1 heterocycles. The molecule has 3 heteroatoms. The van der Waals surface area contributed by atoms with E-state index >= 15 is 0 Å². The number of amides is 1. The summed E-state index contributed by atoms with van der Waals surface area (Å²) >= 11 is 0. The second-order valence-electron chi connectivity index (χ2n) is 6.38. The van der Waals surface area contributed by atoms with Crippen LogP contribution < -0.4 is 15.9 Å². The van der Waals surface area contributed by atoms with E-state index in [4.69, 9.17) is 0 Å². The number of hydrogen-bond acceptors (Lipinski definition) is 1. The maximum atomic E-state index is 12.4. The van der Waals surface area contributed by atoms with E-state index in [1.165, 1.54) is 0 Å². The first-order chi connectivity index (χ1) is 12.0. The summed E-state index contributed by atoms with van der Waals surface area (Å²) in [5, 5.41) is 5.04. The van der Waals surface area contributed by atoms with Crippen molar-refractivity contribution in [1.82, 2.24) is 4.98 Å². The van der Waals surface area contributed by atoms with Crippen molar-refractivity contribution in [3.63, 3.8) is 0 Å². The number of hydrogen-bond donors (Lipinski definition) is 2. The van der Waals surface area contributed by atoms with E-state index in [2.05, 4.69) is 29.0 Å². The first kappa shape index (κ1) is 18.8. The molecule has 1 aromatic carbocycles. The molecule has 0 bridgehead atoms. The van der Waals surface area contributed by atoms with Crippen LogP contribution in [0.5, 0.6) is 0 Å². The Morgan fingerprint density at radius 2 is 2.00 bits per heavy atom. The minimum absolute atomic E-state index is 0.0535. The molecule has 0 aliphatic heterocycles. The highest BCUT2D eigenvalue weighted by molar-refractivity contribution is 5.93. The van der Waals surface area contributed by atoms with E-state index in [1.54, 1.807) is 0 Å². The van der Waals surface area contributed by atoms with Crippen LogP contribution in [0.25, 0.3) is 12.2 Å². The molecule has 0 atom stereocenters. The zero-order chi connectivity index (χ0) is 18.4. The molecular formula is C22H28N2O. The van der Waals surface area contributed by atoms with Crippen molar-refractivity contribution in [2.75, 3.05) is 5.32 Å². The molecule has 0 radical (unpaired) electrons. The summed E-state index contributed by atoms with van der Waals surface area (Å²) in [5.41, 5.74) is 4.08. The van der Waals surface area contributed by atoms with Crippen LogP contribution in [0, 0.1) is 12.8 Å². The van der Waals surface area contributed by atoms with Crippen molar-refractivity contribution >= 4 is 23.7 Å². The Hall–Kier alpha value is -2.55. The van der Waals surface area contributed by atoms with Gasteiger partial charge in [-0.25, -0.2) is 0 Å². The minimum Gasteiger partial charge on any atom is -0.361 e. The SMILES string of the molecule is C=c1cc[nH]/c1=C(/C=C\C)c1cc(C)cc(NC(=O)C(CC)CC)c1. The highest BCUT2D eigenvalue weighted by Crippen LogP contribution is 2.22. The molecule has 0 saturated heterocycles. The fourth-order valence-corrected chi connectivity index (χ4v) is 3.06. The summed E-state index contributed by atoms with van der Waals surface area (Å²) in [7, 11) is 0. The van der Waals surface area contributed by atoms with Gasteiger partial charge in [0.25, 0.3) is 0 Å². The van der Waals surface area contributed by atoms with E-state index in [0.717, 1.165) is 45.8 Å². The first-order valence-corrected chi connectivity index (χ1v) is 8.92. The third-order valence-corrected chi connectivity index (χ3v) is 4.45. The molecule has 3 nitrogen and oxygen atoms in total.